The average Bonchev–Trinajstić information content (AvgIpc) is 3.43. The van der Waals surface area contributed by atoms with Crippen LogP contribution in [0.2, 0.25) is 0 Å². The van der Waals surface area contributed by atoms with Crippen molar-refractivity contribution in [2.24, 2.45) is 11.8 Å². The third-order valence-corrected chi connectivity index (χ3v) is 12.1. The van der Waals surface area contributed by atoms with Crippen molar-refractivity contribution in [3.63, 3.8) is 0 Å². The lowest BCUT2D eigenvalue weighted by Gasteiger charge is -2.24. The van der Waals surface area contributed by atoms with Crippen molar-refractivity contribution in [1.82, 2.24) is 0 Å². The van der Waals surface area contributed by atoms with E-state index in [1.165, 1.54) is 64.2 Å². The number of likely N-dealkylation sites (N-methyl/N-ethyl adjacent to an activating group) is 1. The van der Waals surface area contributed by atoms with E-state index in [9.17, 15) is 34.4 Å². The van der Waals surface area contributed by atoms with Crippen LogP contribution in [0.15, 0.2) is 12.2 Å². The van der Waals surface area contributed by atoms with Gasteiger partial charge in [0.05, 0.1) is 46.1 Å². The molecule has 7 atom stereocenters. The molecule has 1 aliphatic rings. The number of aliphatic hydroxyl groups is 3. The quantitative estimate of drug-likeness (QED) is 0.0154. The van der Waals surface area contributed by atoms with Gasteiger partial charge in [0.25, 0.3) is 0 Å². The SMILES string of the molecule is CCCCCCCCCCCCCCCCC(=O)OC[C@H](COP(=O)(O)OCC[N+](C)(C)C)OC(=O)CCCCCC[C@@H]1[C@@H](/C=C/[C@@H](O)CCCCC)[C@H](O)C[C@@H]1O. The maximum absolute atomic E-state index is 12.8. The van der Waals surface area contributed by atoms with Gasteiger partial charge >= 0.3 is 19.8 Å². The number of ether oxygens (including phenoxy) is 2. The Hall–Kier alpha value is -1.37. The summed E-state index contributed by atoms with van der Waals surface area (Å²) < 4.78 is 34.3. The molecule has 0 aromatic rings. The molecule has 1 aliphatic carbocycles. The molecule has 0 heterocycles. The number of aliphatic hydroxyl groups excluding tert-OH is 3. The molecule has 0 aliphatic heterocycles. The molecule has 58 heavy (non-hydrogen) atoms. The topological polar surface area (TPSA) is 169 Å². The zero-order valence-corrected chi connectivity index (χ0v) is 38.3. The van der Waals surface area contributed by atoms with Gasteiger partial charge in [-0.3, -0.25) is 18.6 Å². The van der Waals surface area contributed by atoms with E-state index in [0.717, 1.165) is 64.2 Å². The largest absolute Gasteiger partial charge is 0.472 e. The molecule has 0 radical (unpaired) electrons. The Kier molecular flexibility index (Phi) is 31.4. The molecule has 0 saturated heterocycles. The van der Waals surface area contributed by atoms with Crippen LogP contribution in [0.3, 0.4) is 0 Å². The molecule has 1 unspecified atom stereocenters. The number of quaternary nitrogens is 1. The second kappa shape index (κ2) is 33.3. The number of nitrogens with zero attached hydrogens (tertiary/aromatic N) is 1. The van der Waals surface area contributed by atoms with Crippen LogP contribution in [-0.4, -0.2) is 109 Å². The van der Waals surface area contributed by atoms with E-state index in [1.807, 2.05) is 27.2 Å². The molecule has 13 heteroatoms. The van der Waals surface area contributed by atoms with Crippen molar-refractivity contribution < 1.29 is 57.4 Å². The van der Waals surface area contributed by atoms with Crippen LogP contribution in [0.25, 0.3) is 0 Å². The van der Waals surface area contributed by atoms with E-state index in [1.54, 1.807) is 6.08 Å². The highest BCUT2D eigenvalue weighted by Gasteiger charge is 2.39. The summed E-state index contributed by atoms with van der Waals surface area (Å²) in [7, 11) is 1.35. The summed E-state index contributed by atoms with van der Waals surface area (Å²) in [4.78, 5) is 35.6. The molecule has 4 N–H and O–H groups in total. The van der Waals surface area contributed by atoms with Gasteiger partial charge in [0.15, 0.2) is 6.10 Å². The summed E-state index contributed by atoms with van der Waals surface area (Å²) in [5, 5.41) is 31.5. The Bertz CT molecular complexity index is 1120. The number of phosphoric ester groups is 1. The highest BCUT2D eigenvalue weighted by Crippen LogP contribution is 2.43. The van der Waals surface area contributed by atoms with Gasteiger partial charge in [0.1, 0.15) is 19.8 Å². The van der Waals surface area contributed by atoms with Crippen molar-refractivity contribution in [2.45, 2.75) is 205 Å². The molecule has 0 spiro atoms. The van der Waals surface area contributed by atoms with Gasteiger partial charge < -0.3 is 34.2 Å². The van der Waals surface area contributed by atoms with Crippen LogP contribution >= 0.6 is 7.82 Å². The highest BCUT2D eigenvalue weighted by atomic mass is 31.2. The van der Waals surface area contributed by atoms with Gasteiger partial charge in [-0.05, 0) is 31.6 Å². The number of hydrogen-bond donors (Lipinski definition) is 4. The van der Waals surface area contributed by atoms with Crippen molar-refractivity contribution >= 4 is 19.8 Å². The van der Waals surface area contributed by atoms with Crippen LogP contribution in [-0.2, 0) is 32.7 Å². The Morgan fingerprint density at radius 2 is 1.22 bits per heavy atom. The first kappa shape index (κ1) is 54.6. The van der Waals surface area contributed by atoms with Gasteiger partial charge in [-0.25, -0.2) is 4.57 Å². The molecule has 342 valence electrons. The van der Waals surface area contributed by atoms with Crippen molar-refractivity contribution in [3.05, 3.63) is 12.2 Å². The minimum Gasteiger partial charge on any atom is -0.462 e. The lowest BCUT2D eigenvalue weighted by Crippen LogP contribution is -2.37. The first-order valence-electron chi connectivity index (χ1n) is 23.2. The van der Waals surface area contributed by atoms with Crippen molar-refractivity contribution in [2.75, 3.05) is 47.5 Å². The van der Waals surface area contributed by atoms with Crippen LogP contribution in [0.1, 0.15) is 181 Å². The standard InChI is InChI=1S/C45H86NO11P/c1-6-8-10-11-12-13-14-15-16-17-18-19-20-25-29-44(50)54-36-39(37-56-58(52,53)55-34-33-46(3,4)5)57-45(51)30-26-22-21-24-28-40-41(43(49)35-42(40)48)32-31-38(47)27-23-9-7-2/h31-32,38-43,47-49H,6-30,33-37H2,1-5H3/p+1/b32-31+/t38-,39+,40+,41+,42-,43+/m0/s1. The monoisotopic (exact) mass is 849 g/mol. The Labute approximate surface area is 353 Å². The molecule has 0 aromatic heterocycles. The van der Waals surface area contributed by atoms with E-state index in [4.69, 9.17) is 18.5 Å². The zero-order valence-electron chi connectivity index (χ0n) is 37.4. The van der Waals surface area contributed by atoms with Gasteiger partial charge in [0, 0.05) is 25.2 Å². The van der Waals surface area contributed by atoms with E-state index >= 15 is 0 Å². The maximum Gasteiger partial charge on any atom is 0.472 e. The number of rotatable bonds is 38. The summed E-state index contributed by atoms with van der Waals surface area (Å²) in [6.45, 7) is 4.09. The summed E-state index contributed by atoms with van der Waals surface area (Å²) in [5.41, 5.74) is 0. The van der Waals surface area contributed by atoms with Gasteiger partial charge in [-0.1, -0.05) is 148 Å². The third-order valence-electron chi connectivity index (χ3n) is 11.1. The molecule has 12 nitrogen and oxygen atoms in total. The van der Waals surface area contributed by atoms with E-state index in [2.05, 4.69) is 13.8 Å². The number of carbonyl (C=O) groups is 2. The van der Waals surface area contributed by atoms with E-state index < -0.39 is 50.8 Å². The van der Waals surface area contributed by atoms with Crippen LogP contribution in [0.4, 0.5) is 0 Å². The fourth-order valence-corrected chi connectivity index (χ4v) is 8.21. The van der Waals surface area contributed by atoms with E-state index in [-0.39, 0.29) is 37.9 Å². The third kappa shape index (κ3) is 29.8. The first-order chi connectivity index (χ1) is 27.7. The van der Waals surface area contributed by atoms with Gasteiger partial charge in [-0.2, -0.15) is 0 Å². The zero-order chi connectivity index (χ0) is 43.1. The number of esters is 2. The number of carbonyl (C=O) groups excluding carboxylic acids is 2. The second-order valence-electron chi connectivity index (χ2n) is 17.8. The van der Waals surface area contributed by atoms with Crippen LogP contribution in [0.5, 0.6) is 0 Å². The normalized spacial score (nSPS) is 20.6. The number of hydrogen-bond acceptors (Lipinski definition) is 10. The van der Waals surface area contributed by atoms with Crippen LogP contribution in [0, 0.1) is 11.8 Å². The smallest absolute Gasteiger partial charge is 0.462 e. The number of phosphoric acid groups is 1. The van der Waals surface area contributed by atoms with Crippen LogP contribution < -0.4 is 0 Å². The molecule has 1 fully saturated rings. The Morgan fingerprint density at radius 1 is 0.707 bits per heavy atom. The average molecular weight is 849 g/mol. The lowest BCUT2D eigenvalue weighted by atomic mass is 9.88. The number of unbranched alkanes of at least 4 members (excludes halogenated alkanes) is 18. The fourth-order valence-electron chi connectivity index (χ4n) is 7.46. The summed E-state index contributed by atoms with van der Waals surface area (Å²) in [6.07, 6.45) is 26.0. The predicted octanol–water partition coefficient (Wildman–Crippen LogP) is 9.35. The van der Waals surface area contributed by atoms with Crippen molar-refractivity contribution in [1.29, 1.82) is 0 Å². The minimum atomic E-state index is -4.43. The summed E-state index contributed by atoms with van der Waals surface area (Å²) in [6, 6.07) is 0. The van der Waals surface area contributed by atoms with Crippen molar-refractivity contribution in [3.8, 4) is 0 Å². The predicted molar refractivity (Wildman–Crippen MR) is 231 cm³/mol. The van der Waals surface area contributed by atoms with Gasteiger partial charge in [0.2, 0.25) is 0 Å². The lowest BCUT2D eigenvalue weighted by molar-refractivity contribution is -0.870. The molecule has 0 amide bonds. The Balaban J connectivity index is 2.46. The summed E-state index contributed by atoms with van der Waals surface area (Å²) in [5.74, 6) is -1.22. The second-order valence-corrected chi connectivity index (χ2v) is 19.2. The molecule has 0 bridgehead atoms. The molecule has 1 saturated carbocycles. The fraction of sp³-hybridized carbons (Fsp3) is 0.911. The molecular formula is C45H87NO11P+. The molecular weight excluding hydrogens is 761 g/mol. The van der Waals surface area contributed by atoms with Gasteiger partial charge in [-0.15, -0.1) is 0 Å². The van der Waals surface area contributed by atoms with E-state index in [0.29, 0.717) is 36.7 Å². The highest BCUT2D eigenvalue weighted by molar-refractivity contribution is 7.47. The maximum atomic E-state index is 12.8. The molecule has 1 rings (SSSR count). The minimum absolute atomic E-state index is 0.00416. The molecule has 0 aromatic carbocycles. The summed E-state index contributed by atoms with van der Waals surface area (Å²) >= 11 is 0. The first-order valence-corrected chi connectivity index (χ1v) is 24.7. The Morgan fingerprint density at radius 3 is 1.79 bits per heavy atom.